The van der Waals surface area contributed by atoms with Crippen LogP contribution in [0.5, 0.6) is 0 Å². The van der Waals surface area contributed by atoms with Crippen LogP contribution in [0.1, 0.15) is 25.1 Å². The van der Waals surface area contributed by atoms with E-state index in [4.69, 9.17) is 9.72 Å². The fourth-order valence-corrected chi connectivity index (χ4v) is 4.01. The maximum absolute atomic E-state index is 5.92. The van der Waals surface area contributed by atoms with Crippen molar-refractivity contribution in [2.75, 3.05) is 11.9 Å². The zero-order chi connectivity index (χ0) is 16.0. The summed E-state index contributed by atoms with van der Waals surface area (Å²) in [6.45, 7) is 9.22. The number of nitrogens with one attached hydrogen (secondary N) is 1. The molecule has 0 spiro atoms. The summed E-state index contributed by atoms with van der Waals surface area (Å²) in [5, 5.41) is 13.8. The molecule has 1 aliphatic heterocycles. The van der Waals surface area contributed by atoms with Crippen molar-refractivity contribution >= 4 is 37.5 Å². The lowest BCUT2D eigenvalue weighted by Crippen LogP contribution is -2.32. The van der Waals surface area contributed by atoms with E-state index in [0.29, 0.717) is 13.2 Å². The average Bonchev–Trinajstić information content (AvgIpc) is 2.88. The summed E-state index contributed by atoms with van der Waals surface area (Å²) in [5.41, 5.74) is 2.17. The molecule has 0 fully saturated rings. The van der Waals surface area contributed by atoms with E-state index >= 15 is 0 Å². The quantitative estimate of drug-likeness (QED) is 0.744. The molecule has 4 heterocycles. The van der Waals surface area contributed by atoms with Gasteiger partial charge in [0.15, 0.2) is 5.82 Å². The third-order valence-corrected chi connectivity index (χ3v) is 5.20. The van der Waals surface area contributed by atoms with Crippen LogP contribution >= 0.6 is 11.3 Å². The Kier molecular flexibility index (Phi) is 3.32. The van der Waals surface area contributed by atoms with Crippen LogP contribution in [0.3, 0.4) is 0 Å². The van der Waals surface area contributed by atoms with Gasteiger partial charge in [-0.3, -0.25) is 0 Å². The lowest BCUT2D eigenvalue weighted by molar-refractivity contribution is -0.0411. The van der Waals surface area contributed by atoms with E-state index in [1.165, 1.54) is 5.56 Å². The van der Waals surface area contributed by atoms with Gasteiger partial charge in [-0.25, -0.2) is 4.98 Å². The van der Waals surface area contributed by atoms with E-state index in [-0.39, 0.29) is 5.60 Å². The number of rotatable bonds is 3. The molecule has 0 saturated heterocycles. The maximum atomic E-state index is 5.92. The van der Waals surface area contributed by atoms with Crippen molar-refractivity contribution in [3.05, 3.63) is 36.2 Å². The highest BCUT2D eigenvalue weighted by Crippen LogP contribution is 2.38. The van der Waals surface area contributed by atoms with Crippen molar-refractivity contribution in [3.8, 4) is 0 Å². The molecule has 0 atom stereocenters. The molecule has 0 amide bonds. The first-order valence-electron chi connectivity index (χ1n) is 7.63. The number of anilines is 1. The van der Waals surface area contributed by atoms with Crippen LogP contribution in [-0.2, 0) is 17.8 Å². The molecule has 0 bridgehead atoms. The van der Waals surface area contributed by atoms with Crippen molar-refractivity contribution in [1.29, 1.82) is 0 Å². The standard InChI is InChI=1S/C17H18N4OS/c1-4-5-18-15-14-12(8-19-21-15)11-6-10-9-22-17(2,3)7-13(10)20-16(11)23-14/h4,6,8H,1,5,7,9H2,2-3H3,(H,18,21). The fraction of sp³-hybridized carbons (Fsp3) is 0.353. The van der Waals surface area contributed by atoms with E-state index in [1.54, 1.807) is 11.3 Å². The predicted octanol–water partition coefficient (Wildman–Crippen LogP) is 3.69. The lowest BCUT2D eigenvalue weighted by atomic mass is 9.95. The van der Waals surface area contributed by atoms with E-state index in [1.807, 2.05) is 12.3 Å². The SMILES string of the molecule is C=CCNc1nncc2c1sc1nc3c(cc12)COC(C)(C)C3. The van der Waals surface area contributed by atoms with Gasteiger partial charge in [-0.05, 0) is 19.9 Å². The Labute approximate surface area is 138 Å². The van der Waals surface area contributed by atoms with E-state index < -0.39 is 0 Å². The molecule has 1 aliphatic rings. The zero-order valence-corrected chi connectivity index (χ0v) is 14.0. The molecule has 5 nitrogen and oxygen atoms in total. The molecular weight excluding hydrogens is 308 g/mol. The number of pyridine rings is 1. The molecule has 0 aromatic carbocycles. The summed E-state index contributed by atoms with van der Waals surface area (Å²) < 4.78 is 7.01. The van der Waals surface area contributed by atoms with Gasteiger partial charge in [-0.1, -0.05) is 6.08 Å². The highest BCUT2D eigenvalue weighted by Gasteiger charge is 2.28. The first-order valence-corrected chi connectivity index (χ1v) is 8.44. The summed E-state index contributed by atoms with van der Waals surface area (Å²) >= 11 is 1.66. The summed E-state index contributed by atoms with van der Waals surface area (Å²) in [6.07, 6.45) is 4.46. The van der Waals surface area contributed by atoms with Gasteiger partial charge >= 0.3 is 0 Å². The van der Waals surface area contributed by atoms with Crippen LogP contribution in [-0.4, -0.2) is 27.3 Å². The van der Waals surface area contributed by atoms with Gasteiger partial charge in [0.05, 0.1) is 28.8 Å². The summed E-state index contributed by atoms with van der Waals surface area (Å²) in [6, 6.07) is 2.20. The number of hydrogen-bond acceptors (Lipinski definition) is 6. The smallest absolute Gasteiger partial charge is 0.167 e. The second-order valence-electron chi connectivity index (χ2n) is 6.38. The third-order valence-electron chi connectivity index (χ3n) is 4.07. The number of fused-ring (bicyclic) bond motifs is 4. The van der Waals surface area contributed by atoms with Crippen molar-refractivity contribution in [2.24, 2.45) is 0 Å². The first-order chi connectivity index (χ1) is 11.1. The Hall–Kier alpha value is -2.05. The Bertz CT molecular complexity index is 916. The second-order valence-corrected chi connectivity index (χ2v) is 7.38. The minimum atomic E-state index is -0.149. The van der Waals surface area contributed by atoms with Gasteiger partial charge in [0, 0.05) is 29.3 Å². The van der Waals surface area contributed by atoms with Crippen LogP contribution in [0.15, 0.2) is 24.9 Å². The number of ether oxygens (including phenoxy) is 1. The van der Waals surface area contributed by atoms with Crippen LogP contribution < -0.4 is 5.32 Å². The lowest BCUT2D eigenvalue weighted by Gasteiger charge is -2.30. The molecule has 118 valence electrons. The highest BCUT2D eigenvalue weighted by atomic mass is 32.1. The summed E-state index contributed by atoms with van der Waals surface area (Å²) in [4.78, 5) is 5.94. The topological polar surface area (TPSA) is 59.9 Å². The number of hydrogen-bond donors (Lipinski definition) is 1. The molecule has 23 heavy (non-hydrogen) atoms. The van der Waals surface area contributed by atoms with Gasteiger partial charge in [0.25, 0.3) is 0 Å². The normalized spacial score (nSPS) is 16.4. The molecule has 0 unspecified atom stereocenters. The van der Waals surface area contributed by atoms with Crippen LogP contribution in [0.25, 0.3) is 20.3 Å². The Morgan fingerprint density at radius 3 is 3.13 bits per heavy atom. The second kappa shape index (κ2) is 5.25. The van der Waals surface area contributed by atoms with Gasteiger partial charge in [0.2, 0.25) is 0 Å². The Morgan fingerprint density at radius 2 is 2.30 bits per heavy atom. The number of thiophene rings is 1. The average molecular weight is 326 g/mol. The van der Waals surface area contributed by atoms with Gasteiger partial charge in [-0.2, -0.15) is 5.10 Å². The van der Waals surface area contributed by atoms with Crippen LogP contribution in [0, 0.1) is 0 Å². The summed E-state index contributed by atoms with van der Waals surface area (Å²) in [7, 11) is 0. The van der Waals surface area contributed by atoms with E-state index in [9.17, 15) is 0 Å². The molecular formula is C17H18N4OS. The first kappa shape index (κ1) is 14.5. The minimum Gasteiger partial charge on any atom is -0.370 e. The molecule has 4 rings (SSSR count). The van der Waals surface area contributed by atoms with E-state index in [2.05, 4.69) is 42.0 Å². The van der Waals surface area contributed by atoms with Gasteiger partial charge in [-0.15, -0.1) is 23.0 Å². The van der Waals surface area contributed by atoms with Crippen molar-refractivity contribution < 1.29 is 4.74 Å². The molecule has 1 N–H and O–H groups in total. The van der Waals surface area contributed by atoms with Crippen molar-refractivity contribution in [3.63, 3.8) is 0 Å². The van der Waals surface area contributed by atoms with Crippen LogP contribution in [0.2, 0.25) is 0 Å². The molecule has 0 saturated carbocycles. The van der Waals surface area contributed by atoms with Gasteiger partial charge < -0.3 is 10.1 Å². The monoisotopic (exact) mass is 326 g/mol. The van der Waals surface area contributed by atoms with Crippen LogP contribution in [0.4, 0.5) is 5.82 Å². The Balaban J connectivity index is 1.90. The molecule has 0 aliphatic carbocycles. The van der Waals surface area contributed by atoms with Gasteiger partial charge in [0.1, 0.15) is 4.83 Å². The Morgan fingerprint density at radius 1 is 1.43 bits per heavy atom. The minimum absolute atomic E-state index is 0.149. The number of nitrogens with zero attached hydrogens (tertiary/aromatic N) is 3. The van der Waals surface area contributed by atoms with Crippen molar-refractivity contribution in [2.45, 2.75) is 32.5 Å². The fourth-order valence-electron chi connectivity index (χ4n) is 2.90. The zero-order valence-electron chi connectivity index (χ0n) is 13.2. The van der Waals surface area contributed by atoms with E-state index in [0.717, 1.165) is 38.2 Å². The molecule has 3 aromatic heterocycles. The number of aromatic nitrogens is 3. The largest absolute Gasteiger partial charge is 0.370 e. The maximum Gasteiger partial charge on any atom is 0.167 e. The molecule has 6 heteroatoms. The molecule has 3 aromatic rings. The van der Waals surface area contributed by atoms with Crippen molar-refractivity contribution in [1.82, 2.24) is 15.2 Å². The summed E-state index contributed by atoms with van der Waals surface area (Å²) in [5.74, 6) is 0.792. The highest BCUT2D eigenvalue weighted by molar-refractivity contribution is 7.26. The molecule has 0 radical (unpaired) electrons. The third kappa shape index (κ3) is 2.48. The predicted molar refractivity (Wildman–Crippen MR) is 94.0 cm³/mol.